The maximum atomic E-state index is 11.6. The molecule has 2 heterocycles. The van der Waals surface area contributed by atoms with Gasteiger partial charge in [-0.1, -0.05) is 11.6 Å². The molecule has 6 heteroatoms. The fourth-order valence-electron chi connectivity index (χ4n) is 1.34. The van der Waals surface area contributed by atoms with Crippen molar-refractivity contribution in [1.82, 2.24) is 15.5 Å². The lowest BCUT2D eigenvalue weighted by atomic mass is 10.2. The summed E-state index contributed by atoms with van der Waals surface area (Å²) < 4.78 is 0. The van der Waals surface area contributed by atoms with Crippen molar-refractivity contribution in [1.29, 1.82) is 0 Å². The number of carbonyl (C=O) groups is 1. The fourth-order valence-corrected chi connectivity index (χ4v) is 2.60. The highest BCUT2D eigenvalue weighted by Gasteiger charge is 2.19. The predicted octanol–water partition coefficient (Wildman–Crippen LogP) is 1.37. The third-order valence-electron chi connectivity index (χ3n) is 2.13. The monoisotopic (exact) mass is 243 g/mol. The molecule has 1 aromatic rings. The first-order valence-corrected chi connectivity index (χ1v) is 6.17. The molecule has 0 spiro atoms. The highest BCUT2D eigenvalue weighted by Crippen LogP contribution is 2.17. The van der Waals surface area contributed by atoms with E-state index in [2.05, 4.69) is 15.5 Å². The molecule has 2 rings (SSSR count). The molecule has 1 aromatic heterocycles. The lowest BCUT2D eigenvalue weighted by molar-refractivity contribution is 0.0935. The van der Waals surface area contributed by atoms with Gasteiger partial charge in [0.05, 0.1) is 0 Å². The number of amides is 1. The topological polar surface area (TPSA) is 54.9 Å². The summed E-state index contributed by atoms with van der Waals surface area (Å²) in [6, 6.07) is 3.40. The van der Waals surface area contributed by atoms with Crippen molar-refractivity contribution in [2.75, 3.05) is 11.5 Å². The molecule has 1 aliphatic rings. The minimum Gasteiger partial charge on any atom is -0.347 e. The summed E-state index contributed by atoms with van der Waals surface area (Å²) in [5.74, 6) is 1.91. The van der Waals surface area contributed by atoms with Crippen molar-refractivity contribution in [3.8, 4) is 0 Å². The summed E-state index contributed by atoms with van der Waals surface area (Å²) >= 11 is 7.43. The van der Waals surface area contributed by atoms with Gasteiger partial charge in [0, 0.05) is 11.8 Å². The van der Waals surface area contributed by atoms with E-state index in [1.807, 2.05) is 11.8 Å². The highest BCUT2D eigenvalue weighted by atomic mass is 35.5. The Balaban J connectivity index is 1.98. The molecule has 80 valence electrons. The Bertz CT molecular complexity index is 351. The van der Waals surface area contributed by atoms with Gasteiger partial charge in [0.1, 0.15) is 0 Å². The average molecular weight is 244 g/mol. The second kappa shape index (κ2) is 4.81. The van der Waals surface area contributed by atoms with Gasteiger partial charge in [-0.25, -0.2) is 0 Å². The van der Waals surface area contributed by atoms with Crippen LogP contribution in [0.2, 0.25) is 5.15 Å². The summed E-state index contributed by atoms with van der Waals surface area (Å²) in [6.07, 6.45) is 1.03. The molecule has 1 unspecified atom stereocenters. The van der Waals surface area contributed by atoms with Gasteiger partial charge in [0.15, 0.2) is 10.8 Å². The fraction of sp³-hybridized carbons (Fsp3) is 0.444. The molecule has 0 saturated carbocycles. The lowest BCUT2D eigenvalue weighted by Gasteiger charge is -2.09. The highest BCUT2D eigenvalue weighted by molar-refractivity contribution is 7.99. The van der Waals surface area contributed by atoms with Crippen molar-refractivity contribution in [3.05, 3.63) is 23.0 Å². The SMILES string of the molecule is O=C(NC1CCSC1)c1ccc(Cl)nn1. The number of halogens is 1. The Labute approximate surface area is 96.8 Å². The number of rotatable bonds is 2. The van der Waals surface area contributed by atoms with Gasteiger partial charge in [-0.05, 0) is 24.3 Å². The Morgan fingerprint density at radius 3 is 3.00 bits per heavy atom. The van der Waals surface area contributed by atoms with Crippen LogP contribution in [-0.2, 0) is 0 Å². The van der Waals surface area contributed by atoms with Crippen LogP contribution >= 0.6 is 23.4 Å². The number of nitrogens with one attached hydrogen (secondary N) is 1. The van der Waals surface area contributed by atoms with E-state index in [0.717, 1.165) is 17.9 Å². The Morgan fingerprint density at radius 2 is 2.40 bits per heavy atom. The van der Waals surface area contributed by atoms with Crippen molar-refractivity contribution >= 4 is 29.3 Å². The molecule has 1 aliphatic heterocycles. The molecule has 1 amide bonds. The third kappa shape index (κ3) is 2.82. The standard InChI is InChI=1S/C9H10ClN3OS/c10-8-2-1-7(12-13-8)9(14)11-6-3-4-15-5-6/h1-2,6H,3-5H2,(H,11,14). The van der Waals surface area contributed by atoms with Crippen LogP contribution in [0.3, 0.4) is 0 Å². The van der Waals surface area contributed by atoms with Crippen LogP contribution in [0.25, 0.3) is 0 Å². The summed E-state index contributed by atoms with van der Waals surface area (Å²) in [4.78, 5) is 11.6. The number of carbonyl (C=O) groups excluding carboxylic acids is 1. The van der Waals surface area contributed by atoms with Crippen LogP contribution in [-0.4, -0.2) is 33.7 Å². The van der Waals surface area contributed by atoms with Crippen molar-refractivity contribution in [2.45, 2.75) is 12.5 Å². The molecule has 0 aliphatic carbocycles. The van der Waals surface area contributed by atoms with Gasteiger partial charge in [-0.15, -0.1) is 10.2 Å². The molecule has 0 aromatic carbocycles. The first kappa shape index (κ1) is 10.7. The van der Waals surface area contributed by atoms with Crippen molar-refractivity contribution < 1.29 is 4.79 Å². The zero-order valence-corrected chi connectivity index (χ0v) is 9.51. The minimum absolute atomic E-state index is 0.174. The van der Waals surface area contributed by atoms with Crippen molar-refractivity contribution in [2.24, 2.45) is 0 Å². The van der Waals surface area contributed by atoms with Gasteiger partial charge >= 0.3 is 0 Å². The van der Waals surface area contributed by atoms with E-state index in [4.69, 9.17) is 11.6 Å². The first-order chi connectivity index (χ1) is 7.25. The lowest BCUT2D eigenvalue weighted by Crippen LogP contribution is -2.35. The molecule has 1 atom stereocenters. The third-order valence-corrected chi connectivity index (χ3v) is 3.49. The van der Waals surface area contributed by atoms with Gasteiger partial charge in [0.2, 0.25) is 0 Å². The molecule has 0 radical (unpaired) electrons. The Hall–Kier alpha value is -0.810. The number of hydrogen-bond acceptors (Lipinski definition) is 4. The van der Waals surface area contributed by atoms with Crippen LogP contribution in [0, 0.1) is 0 Å². The van der Waals surface area contributed by atoms with Crippen LogP contribution < -0.4 is 5.32 Å². The largest absolute Gasteiger partial charge is 0.347 e. The second-order valence-electron chi connectivity index (χ2n) is 3.28. The molecular formula is C9H10ClN3OS. The number of aromatic nitrogens is 2. The molecule has 0 bridgehead atoms. The van der Waals surface area contributed by atoms with Gasteiger partial charge in [-0.3, -0.25) is 4.79 Å². The average Bonchev–Trinajstić information content (AvgIpc) is 2.71. The number of nitrogens with zero attached hydrogens (tertiary/aromatic N) is 2. The van der Waals surface area contributed by atoms with Gasteiger partial charge in [0.25, 0.3) is 5.91 Å². The van der Waals surface area contributed by atoms with E-state index in [1.165, 1.54) is 0 Å². The summed E-state index contributed by atoms with van der Waals surface area (Å²) in [5, 5.41) is 10.5. The summed E-state index contributed by atoms with van der Waals surface area (Å²) in [5.41, 5.74) is 0.316. The molecule has 4 nitrogen and oxygen atoms in total. The molecule has 1 saturated heterocycles. The smallest absolute Gasteiger partial charge is 0.272 e. The van der Waals surface area contributed by atoms with Crippen LogP contribution in [0.5, 0.6) is 0 Å². The molecular weight excluding hydrogens is 234 g/mol. The van der Waals surface area contributed by atoms with Gasteiger partial charge in [-0.2, -0.15) is 11.8 Å². The maximum Gasteiger partial charge on any atom is 0.272 e. The van der Waals surface area contributed by atoms with E-state index in [0.29, 0.717) is 10.8 Å². The van der Waals surface area contributed by atoms with E-state index < -0.39 is 0 Å². The molecule has 1 fully saturated rings. The quantitative estimate of drug-likeness (QED) is 0.852. The minimum atomic E-state index is -0.174. The molecule has 15 heavy (non-hydrogen) atoms. The second-order valence-corrected chi connectivity index (χ2v) is 4.81. The van der Waals surface area contributed by atoms with Gasteiger partial charge < -0.3 is 5.32 Å². The number of hydrogen-bond donors (Lipinski definition) is 1. The predicted molar refractivity (Wildman–Crippen MR) is 60.2 cm³/mol. The van der Waals surface area contributed by atoms with E-state index in [9.17, 15) is 4.79 Å². The van der Waals surface area contributed by atoms with Crippen molar-refractivity contribution in [3.63, 3.8) is 0 Å². The molecule has 1 N–H and O–H groups in total. The maximum absolute atomic E-state index is 11.6. The number of thioether (sulfide) groups is 1. The zero-order chi connectivity index (χ0) is 10.7. The zero-order valence-electron chi connectivity index (χ0n) is 7.94. The van der Waals surface area contributed by atoms with Crippen LogP contribution in [0.4, 0.5) is 0 Å². The van der Waals surface area contributed by atoms with Crippen LogP contribution in [0.1, 0.15) is 16.9 Å². The summed E-state index contributed by atoms with van der Waals surface area (Å²) in [7, 11) is 0. The first-order valence-electron chi connectivity index (χ1n) is 4.63. The van der Waals surface area contributed by atoms with E-state index in [-0.39, 0.29) is 11.9 Å². The normalized spacial score (nSPS) is 20.2. The van der Waals surface area contributed by atoms with E-state index >= 15 is 0 Å². The van der Waals surface area contributed by atoms with Crippen LogP contribution in [0.15, 0.2) is 12.1 Å². The summed E-state index contributed by atoms with van der Waals surface area (Å²) in [6.45, 7) is 0. The Kier molecular flexibility index (Phi) is 3.43. The van der Waals surface area contributed by atoms with E-state index in [1.54, 1.807) is 12.1 Å². The Morgan fingerprint density at radius 1 is 1.53 bits per heavy atom.